The molecule has 1 heteroatoms. The van der Waals surface area contributed by atoms with E-state index in [9.17, 15) is 0 Å². The van der Waals surface area contributed by atoms with Gasteiger partial charge in [0.05, 0.1) is 0 Å². The van der Waals surface area contributed by atoms with E-state index in [1.807, 2.05) is 0 Å². The third-order valence-corrected chi connectivity index (χ3v) is 5.10. The van der Waals surface area contributed by atoms with Crippen molar-refractivity contribution >= 4 is 0 Å². The molecule has 0 aliphatic carbocycles. The smallest absolute Gasteiger partial charge is 0.00645 e. The van der Waals surface area contributed by atoms with E-state index in [0.29, 0.717) is 6.04 Å². The van der Waals surface area contributed by atoms with Crippen LogP contribution in [0.3, 0.4) is 0 Å². The third kappa shape index (κ3) is 11.2. The average molecular weight is 298 g/mol. The van der Waals surface area contributed by atoms with Crippen molar-refractivity contribution in [3.05, 3.63) is 0 Å². The maximum atomic E-state index is 3.70. The third-order valence-electron chi connectivity index (χ3n) is 5.10. The van der Waals surface area contributed by atoms with Crippen LogP contribution in [0.25, 0.3) is 0 Å². The molecule has 0 aromatic heterocycles. The fourth-order valence-electron chi connectivity index (χ4n) is 3.06. The molecule has 0 saturated heterocycles. The molecule has 0 bridgehead atoms. The Morgan fingerprint density at radius 3 is 2.05 bits per heavy atom. The maximum absolute atomic E-state index is 3.70. The normalized spacial score (nSPS) is 17.7. The quantitative estimate of drug-likeness (QED) is 0.422. The first kappa shape index (κ1) is 21.0. The first-order valence-electron chi connectivity index (χ1n) is 9.63. The van der Waals surface area contributed by atoms with Gasteiger partial charge in [-0.2, -0.15) is 0 Å². The van der Waals surface area contributed by atoms with E-state index in [1.54, 1.807) is 0 Å². The summed E-state index contributed by atoms with van der Waals surface area (Å²) in [6.45, 7) is 17.6. The highest BCUT2D eigenvalue weighted by molar-refractivity contribution is 4.73. The molecule has 0 fully saturated rings. The van der Waals surface area contributed by atoms with E-state index < -0.39 is 0 Å². The van der Waals surface area contributed by atoms with Crippen LogP contribution in [0.1, 0.15) is 93.4 Å². The number of unbranched alkanes of at least 4 members (excludes halogenated alkanes) is 1. The number of rotatable bonds is 13. The lowest BCUT2D eigenvalue weighted by Crippen LogP contribution is -2.35. The van der Waals surface area contributed by atoms with E-state index in [0.717, 1.165) is 30.2 Å². The molecule has 1 N–H and O–H groups in total. The van der Waals surface area contributed by atoms with Gasteiger partial charge in [0, 0.05) is 6.04 Å². The molecular formula is C20H43N. The van der Waals surface area contributed by atoms with Gasteiger partial charge in [-0.3, -0.25) is 0 Å². The van der Waals surface area contributed by atoms with Crippen LogP contribution in [-0.2, 0) is 0 Å². The van der Waals surface area contributed by atoms with Crippen molar-refractivity contribution in [2.24, 2.45) is 23.7 Å². The SMILES string of the molecule is CCCCC(C)CCC(CC)CC(C)C(C)NCC(C)C. The molecule has 0 heterocycles. The van der Waals surface area contributed by atoms with Gasteiger partial charge in [0.1, 0.15) is 0 Å². The Labute approximate surface area is 135 Å². The maximum Gasteiger partial charge on any atom is 0.00645 e. The molecule has 1 nitrogen and oxygen atoms in total. The molecule has 4 atom stereocenters. The minimum Gasteiger partial charge on any atom is -0.314 e. The lowest BCUT2D eigenvalue weighted by atomic mass is 9.84. The van der Waals surface area contributed by atoms with Crippen LogP contribution >= 0.6 is 0 Å². The molecular weight excluding hydrogens is 254 g/mol. The van der Waals surface area contributed by atoms with Gasteiger partial charge in [-0.15, -0.1) is 0 Å². The number of hydrogen-bond acceptors (Lipinski definition) is 1. The lowest BCUT2D eigenvalue weighted by molar-refractivity contribution is 0.280. The van der Waals surface area contributed by atoms with Gasteiger partial charge >= 0.3 is 0 Å². The Kier molecular flexibility index (Phi) is 12.5. The topological polar surface area (TPSA) is 12.0 Å². The van der Waals surface area contributed by atoms with E-state index in [1.165, 1.54) is 44.9 Å². The minimum atomic E-state index is 0.652. The van der Waals surface area contributed by atoms with E-state index in [-0.39, 0.29) is 0 Å². The summed E-state index contributed by atoms with van der Waals surface area (Å²) < 4.78 is 0. The van der Waals surface area contributed by atoms with E-state index >= 15 is 0 Å². The molecule has 0 aromatic rings. The van der Waals surface area contributed by atoms with Gasteiger partial charge in [0.25, 0.3) is 0 Å². The first-order valence-corrected chi connectivity index (χ1v) is 9.63. The molecule has 0 radical (unpaired) electrons. The molecule has 128 valence electrons. The largest absolute Gasteiger partial charge is 0.314 e. The van der Waals surface area contributed by atoms with Gasteiger partial charge in [-0.1, -0.05) is 80.1 Å². The molecule has 0 aliphatic rings. The Bertz CT molecular complexity index is 224. The second kappa shape index (κ2) is 12.5. The van der Waals surface area contributed by atoms with Crippen molar-refractivity contribution in [3.8, 4) is 0 Å². The van der Waals surface area contributed by atoms with Crippen LogP contribution in [0.4, 0.5) is 0 Å². The molecule has 4 unspecified atom stereocenters. The predicted octanol–water partition coefficient (Wildman–Crippen LogP) is 6.28. The fraction of sp³-hybridized carbons (Fsp3) is 1.00. The van der Waals surface area contributed by atoms with Crippen LogP contribution in [0.2, 0.25) is 0 Å². The standard InChI is InChI=1S/C20H43N/c1-8-10-11-17(5)12-13-20(9-2)14-18(6)19(7)21-15-16(3)4/h16-21H,8-15H2,1-7H3. The zero-order valence-corrected chi connectivity index (χ0v) is 16.0. The Morgan fingerprint density at radius 2 is 1.52 bits per heavy atom. The summed E-state index contributed by atoms with van der Waals surface area (Å²) in [5.74, 6) is 3.39. The van der Waals surface area contributed by atoms with E-state index in [4.69, 9.17) is 0 Å². The van der Waals surface area contributed by atoms with Gasteiger partial charge < -0.3 is 5.32 Å². The summed E-state index contributed by atoms with van der Waals surface area (Å²) in [5.41, 5.74) is 0. The Balaban J connectivity index is 4.00. The van der Waals surface area contributed by atoms with Crippen LogP contribution in [0, 0.1) is 23.7 Å². The molecule has 0 aliphatic heterocycles. The molecule has 21 heavy (non-hydrogen) atoms. The second-order valence-corrected chi connectivity index (χ2v) is 7.90. The van der Waals surface area contributed by atoms with Gasteiger partial charge in [0.15, 0.2) is 0 Å². The highest BCUT2D eigenvalue weighted by Crippen LogP contribution is 2.26. The van der Waals surface area contributed by atoms with Crippen molar-refractivity contribution in [2.75, 3.05) is 6.54 Å². The van der Waals surface area contributed by atoms with Gasteiger partial charge in [-0.05, 0) is 43.6 Å². The monoisotopic (exact) mass is 297 g/mol. The molecule has 0 rings (SSSR count). The summed E-state index contributed by atoms with van der Waals surface area (Å²) in [6.07, 6.45) is 9.78. The predicted molar refractivity (Wildman–Crippen MR) is 97.8 cm³/mol. The van der Waals surface area contributed by atoms with E-state index in [2.05, 4.69) is 53.8 Å². The number of nitrogens with one attached hydrogen (secondary N) is 1. The van der Waals surface area contributed by atoms with Crippen molar-refractivity contribution in [3.63, 3.8) is 0 Å². The van der Waals surface area contributed by atoms with Crippen molar-refractivity contribution in [1.29, 1.82) is 0 Å². The van der Waals surface area contributed by atoms with Crippen LogP contribution in [0.5, 0.6) is 0 Å². The fourth-order valence-corrected chi connectivity index (χ4v) is 3.06. The van der Waals surface area contributed by atoms with Gasteiger partial charge in [-0.25, -0.2) is 0 Å². The summed E-state index contributed by atoms with van der Waals surface area (Å²) in [6, 6.07) is 0.652. The van der Waals surface area contributed by atoms with Crippen molar-refractivity contribution in [2.45, 2.75) is 99.5 Å². The first-order chi connectivity index (χ1) is 9.90. The molecule has 0 spiro atoms. The van der Waals surface area contributed by atoms with Crippen LogP contribution < -0.4 is 5.32 Å². The Morgan fingerprint density at radius 1 is 0.857 bits per heavy atom. The van der Waals surface area contributed by atoms with Crippen LogP contribution in [0.15, 0.2) is 0 Å². The lowest BCUT2D eigenvalue weighted by Gasteiger charge is -2.27. The van der Waals surface area contributed by atoms with Crippen molar-refractivity contribution in [1.82, 2.24) is 5.32 Å². The van der Waals surface area contributed by atoms with Crippen LogP contribution in [-0.4, -0.2) is 12.6 Å². The van der Waals surface area contributed by atoms with Crippen molar-refractivity contribution < 1.29 is 0 Å². The highest BCUT2D eigenvalue weighted by Gasteiger charge is 2.17. The Hall–Kier alpha value is -0.0400. The van der Waals surface area contributed by atoms with Gasteiger partial charge in [0.2, 0.25) is 0 Å². The minimum absolute atomic E-state index is 0.652. The zero-order valence-electron chi connectivity index (χ0n) is 16.0. The molecule has 0 amide bonds. The summed E-state index contributed by atoms with van der Waals surface area (Å²) in [4.78, 5) is 0. The highest BCUT2D eigenvalue weighted by atomic mass is 14.9. The average Bonchev–Trinajstić information content (AvgIpc) is 2.46. The molecule has 0 saturated carbocycles. The zero-order chi connectivity index (χ0) is 16.3. The number of hydrogen-bond donors (Lipinski definition) is 1. The molecule has 0 aromatic carbocycles. The summed E-state index contributed by atoms with van der Waals surface area (Å²) in [7, 11) is 0. The second-order valence-electron chi connectivity index (χ2n) is 7.90. The summed E-state index contributed by atoms with van der Waals surface area (Å²) in [5, 5.41) is 3.70. The summed E-state index contributed by atoms with van der Waals surface area (Å²) >= 11 is 0.